The second kappa shape index (κ2) is 7.01. The van der Waals surface area contributed by atoms with E-state index < -0.39 is 25.3 Å². The van der Waals surface area contributed by atoms with Crippen molar-refractivity contribution in [3.63, 3.8) is 0 Å². The van der Waals surface area contributed by atoms with Gasteiger partial charge in [-0.05, 0) is 42.7 Å². The average molecular weight is 428 g/mol. The van der Waals surface area contributed by atoms with Crippen LogP contribution in [-0.4, -0.2) is 23.4 Å². The normalized spacial score (nSPS) is 27.8. The van der Waals surface area contributed by atoms with Crippen LogP contribution in [0, 0.1) is 17.7 Å². The first-order chi connectivity index (χ1) is 14.3. The van der Waals surface area contributed by atoms with E-state index in [1.807, 2.05) is 0 Å². The molecule has 5 rings (SSSR count). The maximum atomic E-state index is 14.0. The van der Waals surface area contributed by atoms with Gasteiger partial charge in [-0.2, -0.15) is 4.76 Å². The first-order valence-electron chi connectivity index (χ1n) is 9.99. The second-order valence-electron chi connectivity index (χ2n) is 8.10. The summed E-state index contributed by atoms with van der Waals surface area (Å²) >= 11 is 0. The molecule has 2 aliphatic heterocycles. The standard InChI is InChI=1S/C21H22FN4O3P/c22-13-7-8-16-14(11-13)19(27)18(21(28)26(16)10-9-12-5-6-12)20-24-15-3-1-2-4-17(15)30(23,29)25-20/h1-4,7-8,11-12,18-19,27H,5-6,9-10H2,(H3,23,24,25,29). The zero-order chi connectivity index (χ0) is 21.0. The number of anilines is 2. The van der Waals surface area contributed by atoms with Gasteiger partial charge in [0.15, 0.2) is 0 Å². The summed E-state index contributed by atoms with van der Waals surface area (Å²) in [5.74, 6) is -1.38. The molecule has 2 heterocycles. The van der Waals surface area contributed by atoms with Crippen LogP contribution >= 0.6 is 7.44 Å². The number of nitrogens with zero attached hydrogens (tertiary/aromatic N) is 2. The number of nitrogens with two attached hydrogens (primary N) is 1. The van der Waals surface area contributed by atoms with E-state index in [0.29, 0.717) is 34.7 Å². The molecular formula is C21H22FN4O3P. The van der Waals surface area contributed by atoms with Crippen molar-refractivity contribution in [2.24, 2.45) is 22.1 Å². The first-order valence-corrected chi connectivity index (χ1v) is 11.7. The highest BCUT2D eigenvalue weighted by molar-refractivity contribution is 7.68. The number of nitrogens with one attached hydrogen (secondary N) is 1. The molecule has 3 aliphatic rings. The van der Waals surface area contributed by atoms with Crippen molar-refractivity contribution in [3.8, 4) is 0 Å². The van der Waals surface area contributed by atoms with Crippen LogP contribution < -0.4 is 21.0 Å². The molecule has 0 bridgehead atoms. The molecule has 1 aliphatic carbocycles. The molecule has 30 heavy (non-hydrogen) atoms. The molecule has 9 heteroatoms. The van der Waals surface area contributed by atoms with Crippen molar-refractivity contribution in [1.29, 1.82) is 0 Å². The number of carbonyl (C=O) groups is 1. The molecule has 2 aromatic rings. The maximum Gasteiger partial charge on any atom is 0.285 e. The Bertz CT molecular complexity index is 1120. The third-order valence-electron chi connectivity index (χ3n) is 5.97. The quantitative estimate of drug-likeness (QED) is 0.649. The molecule has 2 aromatic carbocycles. The van der Waals surface area contributed by atoms with E-state index >= 15 is 0 Å². The van der Waals surface area contributed by atoms with Gasteiger partial charge < -0.3 is 15.3 Å². The lowest BCUT2D eigenvalue weighted by Crippen LogP contribution is -2.49. The summed E-state index contributed by atoms with van der Waals surface area (Å²) in [6.07, 6.45) is 1.79. The van der Waals surface area contributed by atoms with Crippen LogP contribution in [0.15, 0.2) is 47.2 Å². The second-order valence-corrected chi connectivity index (χ2v) is 10.0. The van der Waals surface area contributed by atoms with E-state index in [1.165, 1.54) is 18.2 Å². The Morgan fingerprint density at radius 1 is 1.27 bits per heavy atom. The molecule has 3 atom stereocenters. The highest BCUT2D eigenvalue weighted by Gasteiger charge is 2.45. The van der Waals surface area contributed by atoms with Crippen LogP contribution in [0.25, 0.3) is 0 Å². The van der Waals surface area contributed by atoms with Gasteiger partial charge in [0.05, 0.1) is 17.1 Å². The summed E-state index contributed by atoms with van der Waals surface area (Å²) in [7, 11) is -3.62. The van der Waals surface area contributed by atoms with E-state index in [1.54, 1.807) is 29.2 Å². The van der Waals surface area contributed by atoms with Crippen LogP contribution in [-0.2, 0) is 9.36 Å². The van der Waals surface area contributed by atoms with Crippen molar-refractivity contribution < 1.29 is 18.9 Å². The van der Waals surface area contributed by atoms with Crippen molar-refractivity contribution in [2.45, 2.75) is 25.4 Å². The fourth-order valence-electron chi connectivity index (χ4n) is 4.20. The molecule has 1 fully saturated rings. The van der Waals surface area contributed by atoms with Gasteiger partial charge in [0, 0.05) is 17.8 Å². The molecule has 1 saturated carbocycles. The third kappa shape index (κ3) is 3.25. The number of halogens is 1. The number of benzene rings is 2. The van der Waals surface area contributed by atoms with Gasteiger partial charge in [0.1, 0.15) is 17.6 Å². The Labute approximate surface area is 173 Å². The molecule has 156 valence electrons. The molecule has 0 spiro atoms. The molecule has 4 N–H and O–H groups in total. The van der Waals surface area contributed by atoms with E-state index in [9.17, 15) is 18.9 Å². The Kier molecular flexibility index (Phi) is 4.54. The molecule has 0 aromatic heterocycles. The number of amides is 1. The zero-order valence-corrected chi connectivity index (χ0v) is 17.1. The van der Waals surface area contributed by atoms with Gasteiger partial charge in [0.25, 0.3) is 7.44 Å². The Hall–Kier alpha value is -2.54. The topological polar surface area (TPSA) is 108 Å². The van der Waals surface area contributed by atoms with Gasteiger partial charge in [-0.15, -0.1) is 0 Å². The van der Waals surface area contributed by atoms with Crippen molar-refractivity contribution >= 4 is 35.9 Å². The SMILES string of the molecule is NP1(=O)N=C(C2C(=O)N(CCC3CC3)c3ccc(F)cc3C2O)Nc2ccccc21. The number of hydrogen-bond acceptors (Lipinski definition) is 4. The molecule has 0 saturated heterocycles. The van der Waals surface area contributed by atoms with Crippen LogP contribution in [0.1, 0.15) is 30.9 Å². The number of aliphatic hydroxyl groups excluding tert-OH is 1. The Morgan fingerprint density at radius 2 is 2.03 bits per heavy atom. The third-order valence-corrected chi connectivity index (χ3v) is 7.56. The number of hydrogen-bond donors (Lipinski definition) is 3. The van der Waals surface area contributed by atoms with Gasteiger partial charge >= 0.3 is 0 Å². The van der Waals surface area contributed by atoms with E-state index in [-0.39, 0.29) is 11.7 Å². The summed E-state index contributed by atoms with van der Waals surface area (Å²) in [4.78, 5) is 15.0. The van der Waals surface area contributed by atoms with Gasteiger partial charge in [0.2, 0.25) is 5.91 Å². The summed E-state index contributed by atoms with van der Waals surface area (Å²) in [5, 5.41) is 14.4. The molecule has 3 unspecified atom stereocenters. The highest BCUT2D eigenvalue weighted by atomic mass is 31.2. The maximum absolute atomic E-state index is 14.0. The minimum Gasteiger partial charge on any atom is -0.387 e. The summed E-state index contributed by atoms with van der Waals surface area (Å²) in [6.45, 7) is 0.468. The van der Waals surface area contributed by atoms with Crippen LogP contribution in [0.5, 0.6) is 0 Å². The number of aliphatic hydroxyl groups is 1. The largest absolute Gasteiger partial charge is 0.387 e. The van der Waals surface area contributed by atoms with E-state index in [2.05, 4.69) is 10.1 Å². The Balaban J connectivity index is 1.57. The average Bonchev–Trinajstić information content (AvgIpc) is 3.52. The van der Waals surface area contributed by atoms with Crippen molar-refractivity contribution in [2.75, 3.05) is 16.8 Å². The lowest BCUT2D eigenvalue weighted by molar-refractivity contribution is -0.124. The molecule has 1 amide bonds. The zero-order valence-electron chi connectivity index (χ0n) is 16.2. The van der Waals surface area contributed by atoms with Crippen LogP contribution in [0.2, 0.25) is 0 Å². The highest BCUT2D eigenvalue weighted by Crippen LogP contribution is 2.46. The number of amidine groups is 1. The van der Waals surface area contributed by atoms with Crippen molar-refractivity contribution in [1.82, 2.24) is 0 Å². The van der Waals surface area contributed by atoms with E-state index in [4.69, 9.17) is 5.50 Å². The lowest BCUT2D eigenvalue weighted by atomic mass is 9.87. The minimum atomic E-state index is -3.62. The summed E-state index contributed by atoms with van der Waals surface area (Å²) in [5.41, 5.74) is 7.30. The van der Waals surface area contributed by atoms with Gasteiger partial charge in [-0.25, -0.2) is 4.39 Å². The van der Waals surface area contributed by atoms with E-state index in [0.717, 1.165) is 19.3 Å². The molecule has 7 nitrogen and oxygen atoms in total. The minimum absolute atomic E-state index is 0.0448. The predicted molar refractivity (Wildman–Crippen MR) is 113 cm³/mol. The number of carbonyl (C=O) groups excluding carboxylic acids is 1. The van der Waals surface area contributed by atoms with Crippen molar-refractivity contribution in [3.05, 3.63) is 53.8 Å². The molecular weight excluding hydrogens is 406 g/mol. The molecule has 0 radical (unpaired) electrons. The van der Waals surface area contributed by atoms with Crippen LogP contribution in [0.3, 0.4) is 0 Å². The number of para-hydroxylation sites is 1. The smallest absolute Gasteiger partial charge is 0.285 e. The first kappa shape index (κ1) is 19.4. The van der Waals surface area contributed by atoms with Gasteiger partial charge in [-0.1, -0.05) is 25.0 Å². The van der Waals surface area contributed by atoms with Gasteiger partial charge in [-0.3, -0.25) is 14.9 Å². The number of rotatable bonds is 4. The summed E-state index contributed by atoms with van der Waals surface area (Å²) in [6, 6.07) is 10.8. The predicted octanol–water partition coefficient (Wildman–Crippen LogP) is 2.92. The Morgan fingerprint density at radius 3 is 2.80 bits per heavy atom. The van der Waals surface area contributed by atoms with Crippen LogP contribution in [0.4, 0.5) is 15.8 Å². The lowest BCUT2D eigenvalue weighted by Gasteiger charge is -2.39. The number of fused-ring (bicyclic) bond motifs is 2. The fraction of sp³-hybridized carbons (Fsp3) is 0.333. The summed E-state index contributed by atoms with van der Waals surface area (Å²) < 4.78 is 31.1. The monoisotopic (exact) mass is 428 g/mol. The fourth-order valence-corrected chi connectivity index (χ4v) is 5.58.